The maximum absolute atomic E-state index is 12.0. The molecule has 0 fully saturated rings. The average molecular weight is 128 g/mol. The molecule has 0 aromatic carbocycles. The Kier molecular flexibility index (Phi) is 1.55. The van der Waals surface area contributed by atoms with Crippen molar-refractivity contribution in [3.05, 3.63) is 18.1 Å². The Morgan fingerprint density at radius 2 is 2.22 bits per heavy atom. The van der Waals surface area contributed by atoms with Gasteiger partial charge >= 0.3 is 0 Å². The van der Waals surface area contributed by atoms with Crippen LogP contribution in [0.4, 0.5) is 10.2 Å². The van der Waals surface area contributed by atoms with Crippen LogP contribution in [0.1, 0.15) is 0 Å². The van der Waals surface area contributed by atoms with Gasteiger partial charge in [-0.1, -0.05) is 0 Å². The molecule has 4 nitrogen and oxygen atoms in total. The van der Waals surface area contributed by atoms with Gasteiger partial charge in [0.25, 0.3) is 0 Å². The van der Waals surface area contributed by atoms with Crippen molar-refractivity contribution < 1.29 is 4.39 Å². The lowest BCUT2D eigenvalue weighted by atomic mass is 10.5. The molecule has 0 bridgehead atoms. The fourth-order valence-electron chi connectivity index (χ4n) is 0.393. The van der Waals surface area contributed by atoms with Gasteiger partial charge in [-0.3, -0.25) is 0 Å². The number of nitrogen functional groups attached to an aromatic ring is 1. The number of hydrazine groups is 1. The second-order valence-corrected chi connectivity index (χ2v) is 1.39. The Morgan fingerprint density at radius 1 is 1.44 bits per heavy atom. The fourth-order valence-corrected chi connectivity index (χ4v) is 0.393. The van der Waals surface area contributed by atoms with Crippen LogP contribution in [0.25, 0.3) is 0 Å². The lowest BCUT2D eigenvalue weighted by Crippen LogP contribution is -2.09. The standard InChI is InChI=1S/C4H5FN4/c5-3-1-2-4(7-6)9-8-3/h1-2H,6H2,(H,7,9). The molecule has 0 aliphatic carbocycles. The first-order valence-electron chi connectivity index (χ1n) is 2.29. The SMILES string of the molecule is NNc1ccc(F)nn1. The van der Waals surface area contributed by atoms with E-state index in [1.807, 2.05) is 0 Å². The lowest BCUT2D eigenvalue weighted by molar-refractivity contribution is 0.564. The highest BCUT2D eigenvalue weighted by molar-refractivity contribution is 5.29. The summed E-state index contributed by atoms with van der Waals surface area (Å²) in [4.78, 5) is 0. The molecule has 9 heavy (non-hydrogen) atoms. The summed E-state index contributed by atoms with van der Waals surface area (Å²) in [7, 11) is 0. The monoisotopic (exact) mass is 128 g/mol. The summed E-state index contributed by atoms with van der Waals surface area (Å²) in [5.41, 5.74) is 2.21. The summed E-state index contributed by atoms with van der Waals surface area (Å²) in [6.45, 7) is 0. The topological polar surface area (TPSA) is 63.8 Å². The maximum Gasteiger partial charge on any atom is 0.233 e. The molecule has 1 heterocycles. The molecule has 0 saturated heterocycles. The summed E-state index contributed by atoms with van der Waals surface area (Å²) in [6.07, 6.45) is 0. The molecule has 48 valence electrons. The van der Waals surface area contributed by atoms with E-state index in [9.17, 15) is 4.39 Å². The molecule has 0 aliphatic heterocycles. The minimum Gasteiger partial charge on any atom is -0.307 e. The van der Waals surface area contributed by atoms with Crippen LogP contribution in [0.3, 0.4) is 0 Å². The quantitative estimate of drug-likeness (QED) is 0.409. The minimum atomic E-state index is -0.617. The van der Waals surface area contributed by atoms with Crippen molar-refractivity contribution in [3.8, 4) is 0 Å². The number of anilines is 1. The number of hydrogen-bond donors (Lipinski definition) is 2. The van der Waals surface area contributed by atoms with Crippen molar-refractivity contribution in [2.45, 2.75) is 0 Å². The van der Waals surface area contributed by atoms with Crippen molar-refractivity contribution in [2.24, 2.45) is 5.84 Å². The van der Waals surface area contributed by atoms with E-state index < -0.39 is 5.95 Å². The Balaban J connectivity index is 2.88. The van der Waals surface area contributed by atoms with Gasteiger partial charge in [-0.15, -0.1) is 10.2 Å². The van der Waals surface area contributed by atoms with E-state index in [0.717, 1.165) is 0 Å². The molecular weight excluding hydrogens is 123 g/mol. The summed E-state index contributed by atoms with van der Waals surface area (Å²) in [5, 5.41) is 6.43. The normalized spacial score (nSPS) is 9.11. The van der Waals surface area contributed by atoms with Crippen molar-refractivity contribution >= 4 is 5.82 Å². The van der Waals surface area contributed by atoms with E-state index in [1.54, 1.807) is 0 Å². The first kappa shape index (κ1) is 5.90. The predicted octanol–water partition coefficient (Wildman–Crippen LogP) is -0.0987. The first-order chi connectivity index (χ1) is 4.33. The zero-order valence-corrected chi connectivity index (χ0v) is 4.50. The summed E-state index contributed by atoms with van der Waals surface area (Å²) in [6, 6.07) is 2.56. The van der Waals surface area contributed by atoms with Crippen LogP contribution in [0.5, 0.6) is 0 Å². The molecule has 0 amide bonds. The van der Waals surface area contributed by atoms with Crippen molar-refractivity contribution in [1.82, 2.24) is 10.2 Å². The van der Waals surface area contributed by atoms with Crippen LogP contribution in [0, 0.1) is 5.95 Å². The third-order valence-electron chi connectivity index (χ3n) is 0.780. The molecule has 0 atom stereocenters. The molecule has 1 rings (SSSR count). The number of nitrogens with two attached hydrogens (primary N) is 1. The fraction of sp³-hybridized carbons (Fsp3) is 0. The Morgan fingerprint density at radius 3 is 2.67 bits per heavy atom. The van der Waals surface area contributed by atoms with Crippen LogP contribution in [-0.4, -0.2) is 10.2 Å². The van der Waals surface area contributed by atoms with Crippen LogP contribution in [-0.2, 0) is 0 Å². The van der Waals surface area contributed by atoms with Crippen molar-refractivity contribution in [3.63, 3.8) is 0 Å². The summed E-state index contributed by atoms with van der Waals surface area (Å²) < 4.78 is 12.0. The van der Waals surface area contributed by atoms with Crippen LogP contribution >= 0.6 is 0 Å². The number of rotatable bonds is 1. The third kappa shape index (κ3) is 1.33. The van der Waals surface area contributed by atoms with Gasteiger partial charge in [0.05, 0.1) is 0 Å². The molecule has 1 aromatic rings. The van der Waals surface area contributed by atoms with E-state index in [0.29, 0.717) is 5.82 Å². The van der Waals surface area contributed by atoms with Crippen LogP contribution in [0.2, 0.25) is 0 Å². The number of nitrogens with one attached hydrogen (secondary N) is 1. The molecule has 0 aliphatic rings. The van der Waals surface area contributed by atoms with E-state index in [-0.39, 0.29) is 0 Å². The van der Waals surface area contributed by atoms with Crippen LogP contribution in [0.15, 0.2) is 12.1 Å². The lowest BCUT2D eigenvalue weighted by Gasteiger charge is -1.92. The van der Waals surface area contributed by atoms with Gasteiger partial charge in [0, 0.05) is 0 Å². The summed E-state index contributed by atoms with van der Waals surface area (Å²) in [5.74, 6) is 4.65. The average Bonchev–Trinajstić information content (AvgIpc) is 1.90. The number of halogens is 1. The van der Waals surface area contributed by atoms with Gasteiger partial charge in [0.2, 0.25) is 5.95 Å². The molecule has 3 N–H and O–H groups in total. The summed E-state index contributed by atoms with van der Waals surface area (Å²) >= 11 is 0. The van der Waals surface area contributed by atoms with E-state index in [1.165, 1.54) is 12.1 Å². The Labute approximate surface area is 50.9 Å². The van der Waals surface area contributed by atoms with Gasteiger partial charge in [-0.25, -0.2) is 5.84 Å². The predicted molar refractivity (Wildman–Crippen MR) is 29.8 cm³/mol. The largest absolute Gasteiger partial charge is 0.307 e. The van der Waals surface area contributed by atoms with E-state index >= 15 is 0 Å². The zero-order chi connectivity index (χ0) is 6.69. The third-order valence-corrected chi connectivity index (χ3v) is 0.780. The van der Waals surface area contributed by atoms with Gasteiger partial charge in [0.1, 0.15) is 0 Å². The Bertz CT molecular complexity index is 184. The molecular formula is C4H5FN4. The second-order valence-electron chi connectivity index (χ2n) is 1.39. The van der Waals surface area contributed by atoms with Gasteiger partial charge in [0.15, 0.2) is 5.82 Å². The molecule has 0 spiro atoms. The van der Waals surface area contributed by atoms with E-state index in [2.05, 4.69) is 15.6 Å². The highest BCUT2D eigenvalue weighted by atomic mass is 19.1. The molecule has 5 heteroatoms. The maximum atomic E-state index is 12.0. The van der Waals surface area contributed by atoms with Crippen molar-refractivity contribution in [1.29, 1.82) is 0 Å². The van der Waals surface area contributed by atoms with Crippen LogP contribution < -0.4 is 11.3 Å². The van der Waals surface area contributed by atoms with Gasteiger partial charge < -0.3 is 5.43 Å². The Hall–Kier alpha value is -1.23. The van der Waals surface area contributed by atoms with Crippen molar-refractivity contribution in [2.75, 3.05) is 5.43 Å². The second kappa shape index (κ2) is 2.36. The molecule has 0 radical (unpaired) electrons. The zero-order valence-electron chi connectivity index (χ0n) is 4.50. The smallest absolute Gasteiger partial charge is 0.233 e. The molecule has 0 saturated carbocycles. The minimum absolute atomic E-state index is 0.344. The highest BCUT2D eigenvalue weighted by Crippen LogP contribution is 1.96. The van der Waals surface area contributed by atoms with Gasteiger partial charge in [-0.05, 0) is 12.1 Å². The highest BCUT2D eigenvalue weighted by Gasteiger charge is 1.90. The molecule has 0 unspecified atom stereocenters. The van der Waals surface area contributed by atoms with E-state index in [4.69, 9.17) is 5.84 Å². The number of aromatic nitrogens is 2. The number of hydrogen-bond acceptors (Lipinski definition) is 4. The molecule has 1 aromatic heterocycles. The number of nitrogens with zero attached hydrogens (tertiary/aromatic N) is 2. The first-order valence-corrected chi connectivity index (χ1v) is 2.29. The van der Waals surface area contributed by atoms with Gasteiger partial charge in [-0.2, -0.15) is 4.39 Å².